The van der Waals surface area contributed by atoms with E-state index in [9.17, 15) is 0 Å². The van der Waals surface area contributed by atoms with Gasteiger partial charge in [0.2, 0.25) is 0 Å². The Bertz CT molecular complexity index is 1070. The molecule has 3 aromatic rings. The van der Waals surface area contributed by atoms with Crippen molar-refractivity contribution in [3.05, 3.63) is 59.5 Å². The highest BCUT2D eigenvalue weighted by Crippen LogP contribution is 2.25. The van der Waals surface area contributed by atoms with E-state index in [1.807, 2.05) is 30.6 Å². The van der Waals surface area contributed by atoms with Crippen molar-refractivity contribution < 1.29 is 18.9 Å². The van der Waals surface area contributed by atoms with Crippen molar-refractivity contribution in [3.63, 3.8) is 0 Å². The summed E-state index contributed by atoms with van der Waals surface area (Å²) in [5, 5.41) is 4.62. The molecule has 7 nitrogen and oxygen atoms in total. The number of methoxy groups -OCH3 is 1. The standard InChI is InChI=1S/C25H29N3O4/c1-29-21-5-6-23-22(12-21)17(8-9-26-23)4-7-25-31-15-20(16-32-25)27-13-19-11-18-3-2-10-30-24(18)14-28-19/h5-6,8-9,11-12,14,20,25,27H,2-4,7,10,13,15-16H2,1H3/t20-,25-. The molecule has 4 heterocycles. The lowest BCUT2D eigenvalue weighted by molar-refractivity contribution is -0.192. The molecule has 0 amide bonds. The number of aromatic nitrogens is 2. The molecule has 2 aromatic heterocycles. The molecule has 0 unspecified atom stereocenters. The first-order chi connectivity index (χ1) is 15.8. The van der Waals surface area contributed by atoms with Crippen LogP contribution in [-0.4, -0.2) is 49.2 Å². The minimum absolute atomic E-state index is 0.159. The van der Waals surface area contributed by atoms with E-state index in [2.05, 4.69) is 27.4 Å². The Hall–Kier alpha value is -2.74. The normalized spacial score (nSPS) is 20.5. The zero-order valence-corrected chi connectivity index (χ0v) is 18.4. The Morgan fingerprint density at radius 3 is 2.91 bits per heavy atom. The van der Waals surface area contributed by atoms with Crippen LogP contribution in [-0.2, 0) is 28.9 Å². The van der Waals surface area contributed by atoms with Gasteiger partial charge in [-0.1, -0.05) is 0 Å². The fraction of sp³-hybridized carbons (Fsp3) is 0.440. The van der Waals surface area contributed by atoms with Gasteiger partial charge in [0.15, 0.2) is 6.29 Å². The van der Waals surface area contributed by atoms with Crippen molar-refractivity contribution in [2.75, 3.05) is 26.9 Å². The number of nitrogens with one attached hydrogen (secondary N) is 1. The molecular formula is C25H29N3O4. The molecule has 0 saturated carbocycles. The third-order valence-corrected chi connectivity index (χ3v) is 6.08. The molecule has 0 radical (unpaired) electrons. The summed E-state index contributed by atoms with van der Waals surface area (Å²) in [6, 6.07) is 10.3. The molecule has 1 aromatic carbocycles. The van der Waals surface area contributed by atoms with E-state index < -0.39 is 0 Å². The summed E-state index contributed by atoms with van der Waals surface area (Å²) in [6.07, 6.45) is 7.29. The Balaban J connectivity index is 1.10. The lowest BCUT2D eigenvalue weighted by Crippen LogP contribution is -2.44. The Morgan fingerprint density at radius 1 is 1.12 bits per heavy atom. The fourth-order valence-electron chi connectivity index (χ4n) is 4.28. The van der Waals surface area contributed by atoms with Gasteiger partial charge in [-0.05, 0) is 60.7 Å². The smallest absolute Gasteiger partial charge is 0.158 e. The largest absolute Gasteiger partial charge is 0.497 e. The van der Waals surface area contributed by atoms with Crippen LogP contribution < -0.4 is 14.8 Å². The molecule has 0 atom stereocenters. The topological polar surface area (TPSA) is 74.7 Å². The predicted octanol–water partition coefficient (Wildman–Crippen LogP) is 3.43. The third-order valence-electron chi connectivity index (χ3n) is 6.08. The van der Waals surface area contributed by atoms with Crippen LogP contribution in [0.1, 0.15) is 29.7 Å². The van der Waals surface area contributed by atoms with Crippen LogP contribution in [0.2, 0.25) is 0 Å². The summed E-state index contributed by atoms with van der Waals surface area (Å²) in [4.78, 5) is 8.96. The Morgan fingerprint density at radius 2 is 2.03 bits per heavy atom. The number of benzene rings is 1. The number of ether oxygens (including phenoxy) is 4. The molecule has 2 aliphatic heterocycles. The minimum Gasteiger partial charge on any atom is -0.497 e. The monoisotopic (exact) mass is 435 g/mol. The van der Waals surface area contributed by atoms with E-state index in [1.54, 1.807) is 7.11 Å². The van der Waals surface area contributed by atoms with Gasteiger partial charge in [-0.2, -0.15) is 0 Å². The number of nitrogens with zero attached hydrogens (tertiary/aromatic N) is 2. The number of rotatable bonds is 7. The first kappa shape index (κ1) is 21.1. The van der Waals surface area contributed by atoms with E-state index >= 15 is 0 Å². The zero-order chi connectivity index (χ0) is 21.8. The van der Waals surface area contributed by atoms with Crippen molar-refractivity contribution in [3.8, 4) is 11.5 Å². The molecule has 1 N–H and O–H groups in total. The second-order valence-corrected chi connectivity index (χ2v) is 8.30. The van der Waals surface area contributed by atoms with Crippen LogP contribution in [0.4, 0.5) is 0 Å². The molecule has 0 spiro atoms. The highest BCUT2D eigenvalue weighted by atomic mass is 16.7. The molecule has 1 saturated heterocycles. The van der Waals surface area contributed by atoms with Gasteiger partial charge in [0.25, 0.3) is 0 Å². The fourth-order valence-corrected chi connectivity index (χ4v) is 4.28. The maximum absolute atomic E-state index is 5.98. The molecule has 7 heteroatoms. The van der Waals surface area contributed by atoms with E-state index in [4.69, 9.17) is 18.9 Å². The highest BCUT2D eigenvalue weighted by Gasteiger charge is 2.22. The van der Waals surface area contributed by atoms with Crippen molar-refractivity contribution in [1.29, 1.82) is 0 Å². The van der Waals surface area contributed by atoms with Crippen LogP contribution in [0.15, 0.2) is 42.7 Å². The Labute approximate surface area is 188 Å². The van der Waals surface area contributed by atoms with E-state index in [-0.39, 0.29) is 12.3 Å². The average Bonchev–Trinajstić information content (AvgIpc) is 2.86. The van der Waals surface area contributed by atoms with Gasteiger partial charge in [-0.25, -0.2) is 0 Å². The van der Waals surface area contributed by atoms with Gasteiger partial charge in [0, 0.05) is 24.5 Å². The van der Waals surface area contributed by atoms with Crippen LogP contribution >= 0.6 is 0 Å². The lowest BCUT2D eigenvalue weighted by Gasteiger charge is -2.30. The van der Waals surface area contributed by atoms with Gasteiger partial charge in [-0.15, -0.1) is 0 Å². The third kappa shape index (κ3) is 4.85. The average molecular weight is 436 g/mol. The van der Waals surface area contributed by atoms with Crippen LogP contribution in [0.5, 0.6) is 11.5 Å². The number of hydrogen-bond donors (Lipinski definition) is 1. The number of fused-ring (bicyclic) bond motifs is 2. The Kier molecular flexibility index (Phi) is 6.48. The summed E-state index contributed by atoms with van der Waals surface area (Å²) in [6.45, 7) is 2.74. The molecule has 168 valence electrons. The van der Waals surface area contributed by atoms with Crippen molar-refractivity contribution in [2.24, 2.45) is 0 Å². The van der Waals surface area contributed by atoms with Gasteiger partial charge >= 0.3 is 0 Å². The summed E-state index contributed by atoms with van der Waals surface area (Å²) >= 11 is 0. The molecule has 5 rings (SSSR count). The van der Waals surface area contributed by atoms with Crippen LogP contribution in [0, 0.1) is 0 Å². The highest BCUT2D eigenvalue weighted by molar-refractivity contribution is 5.83. The SMILES string of the molecule is COc1ccc2nccc(CC[C@H]3OC[C@H](NCc4cc5c(cn4)OCCC5)CO3)c2c1. The number of pyridine rings is 2. The van der Waals surface area contributed by atoms with Gasteiger partial charge < -0.3 is 24.3 Å². The molecule has 2 aliphatic rings. The lowest BCUT2D eigenvalue weighted by atomic mass is 10.0. The second kappa shape index (κ2) is 9.81. The number of aryl methyl sites for hydroxylation is 2. The summed E-state index contributed by atoms with van der Waals surface area (Å²) in [5.41, 5.74) is 4.47. The maximum Gasteiger partial charge on any atom is 0.158 e. The quantitative estimate of drug-likeness (QED) is 0.609. The summed E-state index contributed by atoms with van der Waals surface area (Å²) < 4.78 is 23.0. The van der Waals surface area contributed by atoms with E-state index in [1.165, 1.54) is 11.1 Å². The molecule has 0 aliphatic carbocycles. The molecule has 32 heavy (non-hydrogen) atoms. The van der Waals surface area contributed by atoms with Crippen LogP contribution in [0.25, 0.3) is 10.9 Å². The molecule has 1 fully saturated rings. The first-order valence-electron chi connectivity index (χ1n) is 11.3. The minimum atomic E-state index is -0.194. The summed E-state index contributed by atoms with van der Waals surface area (Å²) in [5.74, 6) is 1.76. The zero-order valence-electron chi connectivity index (χ0n) is 18.4. The van der Waals surface area contributed by atoms with Gasteiger partial charge in [-0.3, -0.25) is 9.97 Å². The van der Waals surface area contributed by atoms with Crippen molar-refractivity contribution >= 4 is 10.9 Å². The number of hydrogen-bond acceptors (Lipinski definition) is 7. The van der Waals surface area contributed by atoms with Gasteiger partial charge in [0.05, 0.1) is 50.4 Å². The first-order valence-corrected chi connectivity index (χ1v) is 11.3. The second-order valence-electron chi connectivity index (χ2n) is 8.30. The van der Waals surface area contributed by atoms with Crippen LogP contribution in [0.3, 0.4) is 0 Å². The molecule has 0 bridgehead atoms. The summed E-state index contributed by atoms with van der Waals surface area (Å²) in [7, 11) is 1.68. The predicted molar refractivity (Wildman–Crippen MR) is 121 cm³/mol. The maximum atomic E-state index is 5.98. The van der Waals surface area contributed by atoms with E-state index in [0.717, 1.165) is 60.4 Å². The van der Waals surface area contributed by atoms with Crippen molar-refractivity contribution in [1.82, 2.24) is 15.3 Å². The van der Waals surface area contributed by atoms with Gasteiger partial charge in [0.1, 0.15) is 11.5 Å². The van der Waals surface area contributed by atoms with Crippen molar-refractivity contribution in [2.45, 2.75) is 44.6 Å². The molecular weight excluding hydrogens is 406 g/mol. The van der Waals surface area contributed by atoms with E-state index in [0.29, 0.717) is 19.8 Å².